The summed E-state index contributed by atoms with van der Waals surface area (Å²) in [7, 11) is 3.58. The molecule has 24 heavy (non-hydrogen) atoms. The summed E-state index contributed by atoms with van der Waals surface area (Å²) in [4.78, 5) is 24.3. The summed E-state index contributed by atoms with van der Waals surface area (Å²) in [6, 6.07) is 0. The van der Waals surface area contributed by atoms with Gasteiger partial charge in [-0.3, -0.25) is 0 Å². The molecule has 1 N–H and O–H groups in total. The topological polar surface area (TPSA) is 70.6 Å². The van der Waals surface area contributed by atoms with Crippen LogP contribution in [0.1, 0.15) is 27.2 Å². The molecule has 0 aromatic carbocycles. The molecule has 1 unspecified atom stereocenters. The van der Waals surface area contributed by atoms with Crippen LogP contribution in [-0.2, 0) is 4.74 Å². The van der Waals surface area contributed by atoms with Crippen molar-refractivity contribution < 1.29 is 9.53 Å². The lowest BCUT2D eigenvalue weighted by Gasteiger charge is -2.26. The maximum atomic E-state index is 12.1. The molecule has 2 rings (SSSR count). The molecular weight excluding hydrogens is 330 g/mol. The number of ether oxygens (including phenoxy) is 1. The Kier molecular flexibility index (Phi) is 5.74. The summed E-state index contributed by atoms with van der Waals surface area (Å²) in [5.41, 5.74) is 0.257. The van der Waals surface area contributed by atoms with Crippen molar-refractivity contribution in [3.63, 3.8) is 0 Å². The van der Waals surface area contributed by atoms with Gasteiger partial charge >= 0.3 is 6.09 Å². The first kappa shape index (κ1) is 18.6. The molecule has 0 saturated carbocycles. The second-order valence-corrected chi connectivity index (χ2v) is 7.43. The van der Waals surface area contributed by atoms with Crippen molar-refractivity contribution in [3.05, 3.63) is 11.5 Å². The number of halogens is 1. The van der Waals surface area contributed by atoms with Crippen LogP contribution in [0.3, 0.4) is 0 Å². The molecule has 2 heterocycles. The van der Waals surface area contributed by atoms with Gasteiger partial charge in [-0.05, 0) is 33.1 Å². The van der Waals surface area contributed by atoms with Crippen LogP contribution in [-0.4, -0.2) is 60.3 Å². The molecule has 1 aliphatic heterocycles. The highest BCUT2D eigenvalue weighted by Gasteiger charge is 2.29. The Hall–Kier alpha value is -1.76. The monoisotopic (exact) mass is 355 g/mol. The number of nitrogens with zero attached hydrogens (tertiary/aromatic N) is 4. The number of rotatable bonds is 4. The third kappa shape index (κ3) is 4.63. The number of carbonyl (C=O) groups excluding carboxylic acids is 1. The van der Waals surface area contributed by atoms with E-state index in [0.717, 1.165) is 31.0 Å². The van der Waals surface area contributed by atoms with Gasteiger partial charge in [0.15, 0.2) is 11.0 Å². The number of carbonyl (C=O) groups is 1. The quantitative estimate of drug-likeness (QED) is 0.837. The first-order chi connectivity index (χ1) is 11.2. The number of amides is 1. The van der Waals surface area contributed by atoms with Gasteiger partial charge in [0.25, 0.3) is 0 Å². The SMILES string of the molecule is CNc1c(Cl)ncnc1N1CCC(CN(C)C(=O)OC(C)(C)C)C1. The molecule has 1 amide bonds. The van der Waals surface area contributed by atoms with E-state index in [1.165, 1.54) is 6.33 Å². The zero-order valence-electron chi connectivity index (χ0n) is 15.0. The number of nitrogens with one attached hydrogen (secondary N) is 1. The molecule has 0 spiro atoms. The van der Waals surface area contributed by atoms with E-state index in [2.05, 4.69) is 20.2 Å². The van der Waals surface area contributed by atoms with Crippen LogP contribution >= 0.6 is 11.6 Å². The number of hydrogen-bond donors (Lipinski definition) is 1. The van der Waals surface area contributed by atoms with Crippen LogP contribution in [0.4, 0.5) is 16.3 Å². The lowest BCUT2D eigenvalue weighted by molar-refractivity contribution is 0.0277. The molecule has 1 atom stereocenters. The third-order valence-electron chi connectivity index (χ3n) is 3.85. The minimum Gasteiger partial charge on any atom is -0.444 e. The standard InChI is InChI=1S/C16H26ClN5O2/c1-16(2,3)24-15(23)21(5)8-11-6-7-22(9-11)14-12(18-4)13(17)19-10-20-14/h10-11,18H,6-9H2,1-5H3. The predicted molar refractivity (Wildman–Crippen MR) is 95.8 cm³/mol. The lowest BCUT2D eigenvalue weighted by Crippen LogP contribution is -2.37. The molecule has 1 fully saturated rings. The van der Waals surface area contributed by atoms with Gasteiger partial charge in [-0.25, -0.2) is 14.8 Å². The first-order valence-corrected chi connectivity index (χ1v) is 8.46. The molecule has 1 aromatic heterocycles. The summed E-state index contributed by atoms with van der Waals surface area (Å²) in [5, 5.41) is 3.47. The fraction of sp³-hybridized carbons (Fsp3) is 0.688. The molecule has 0 aliphatic carbocycles. The maximum Gasteiger partial charge on any atom is 0.410 e. The van der Waals surface area contributed by atoms with E-state index in [9.17, 15) is 4.79 Å². The van der Waals surface area contributed by atoms with Gasteiger partial charge < -0.3 is 19.9 Å². The highest BCUT2D eigenvalue weighted by Crippen LogP contribution is 2.32. The van der Waals surface area contributed by atoms with Crippen LogP contribution in [0, 0.1) is 5.92 Å². The van der Waals surface area contributed by atoms with Gasteiger partial charge in [-0.1, -0.05) is 11.6 Å². The van der Waals surface area contributed by atoms with Crippen molar-refractivity contribution in [1.82, 2.24) is 14.9 Å². The fourth-order valence-corrected chi connectivity index (χ4v) is 3.01. The summed E-state index contributed by atoms with van der Waals surface area (Å²) < 4.78 is 5.40. The molecule has 8 heteroatoms. The van der Waals surface area contributed by atoms with Crippen LogP contribution < -0.4 is 10.2 Å². The second kappa shape index (κ2) is 7.42. The van der Waals surface area contributed by atoms with Gasteiger partial charge in [0, 0.05) is 33.7 Å². The van der Waals surface area contributed by atoms with Crippen molar-refractivity contribution in [1.29, 1.82) is 0 Å². The third-order valence-corrected chi connectivity index (χ3v) is 4.14. The predicted octanol–water partition coefficient (Wildman–Crippen LogP) is 2.86. The van der Waals surface area contributed by atoms with Gasteiger partial charge in [0.2, 0.25) is 0 Å². The maximum absolute atomic E-state index is 12.1. The van der Waals surface area contributed by atoms with E-state index >= 15 is 0 Å². The molecule has 134 valence electrons. The molecule has 0 bridgehead atoms. The van der Waals surface area contributed by atoms with Crippen LogP contribution in [0.25, 0.3) is 0 Å². The highest BCUT2D eigenvalue weighted by molar-refractivity contribution is 6.32. The van der Waals surface area contributed by atoms with E-state index in [-0.39, 0.29) is 6.09 Å². The van der Waals surface area contributed by atoms with Gasteiger partial charge in [-0.15, -0.1) is 0 Å². The van der Waals surface area contributed by atoms with Gasteiger partial charge in [-0.2, -0.15) is 0 Å². The zero-order valence-corrected chi connectivity index (χ0v) is 15.7. The summed E-state index contributed by atoms with van der Waals surface area (Å²) in [6.45, 7) is 7.94. The summed E-state index contributed by atoms with van der Waals surface area (Å²) in [6.07, 6.45) is 2.17. The Labute approximate surface area is 148 Å². The fourth-order valence-electron chi connectivity index (χ4n) is 2.79. The Bertz CT molecular complexity index is 590. The summed E-state index contributed by atoms with van der Waals surface area (Å²) in [5.74, 6) is 1.17. The molecule has 1 aromatic rings. The lowest BCUT2D eigenvalue weighted by atomic mass is 10.1. The van der Waals surface area contributed by atoms with Gasteiger partial charge in [0.05, 0.1) is 0 Å². The second-order valence-electron chi connectivity index (χ2n) is 7.07. The van der Waals surface area contributed by atoms with E-state index < -0.39 is 5.60 Å². The Morgan fingerprint density at radius 3 is 2.83 bits per heavy atom. The van der Waals surface area contributed by atoms with E-state index in [1.54, 1.807) is 19.0 Å². The van der Waals surface area contributed by atoms with Crippen LogP contribution in [0.5, 0.6) is 0 Å². The average molecular weight is 356 g/mol. The average Bonchev–Trinajstić information content (AvgIpc) is 2.93. The van der Waals surface area contributed by atoms with Crippen LogP contribution in [0.2, 0.25) is 5.15 Å². The summed E-state index contributed by atoms with van der Waals surface area (Å²) >= 11 is 6.12. The minimum atomic E-state index is -0.480. The van der Waals surface area contributed by atoms with Gasteiger partial charge in [0.1, 0.15) is 17.6 Å². The van der Waals surface area contributed by atoms with Crippen molar-refractivity contribution in [2.75, 3.05) is 43.9 Å². The molecule has 7 nitrogen and oxygen atoms in total. The van der Waals surface area contributed by atoms with Crippen molar-refractivity contribution >= 4 is 29.2 Å². The number of anilines is 2. The minimum absolute atomic E-state index is 0.290. The molecular formula is C16H26ClN5O2. The first-order valence-electron chi connectivity index (χ1n) is 8.08. The largest absolute Gasteiger partial charge is 0.444 e. The van der Waals surface area contributed by atoms with Crippen molar-refractivity contribution in [2.45, 2.75) is 32.8 Å². The van der Waals surface area contributed by atoms with Crippen molar-refractivity contribution in [3.8, 4) is 0 Å². The molecule has 1 aliphatic rings. The Balaban J connectivity index is 1.96. The highest BCUT2D eigenvalue weighted by atomic mass is 35.5. The Morgan fingerprint density at radius 2 is 2.21 bits per heavy atom. The van der Waals surface area contributed by atoms with Crippen molar-refractivity contribution in [2.24, 2.45) is 5.92 Å². The number of hydrogen-bond acceptors (Lipinski definition) is 6. The van der Waals surface area contributed by atoms with E-state index in [4.69, 9.17) is 16.3 Å². The number of aromatic nitrogens is 2. The van der Waals surface area contributed by atoms with E-state index in [0.29, 0.717) is 17.6 Å². The van der Waals surface area contributed by atoms with Crippen LogP contribution in [0.15, 0.2) is 6.33 Å². The smallest absolute Gasteiger partial charge is 0.410 e. The molecule has 0 radical (unpaired) electrons. The normalized spacial score (nSPS) is 17.8. The molecule has 1 saturated heterocycles. The Morgan fingerprint density at radius 1 is 1.50 bits per heavy atom. The van der Waals surface area contributed by atoms with E-state index in [1.807, 2.05) is 20.8 Å². The zero-order chi connectivity index (χ0) is 17.9.